The molecule has 6 nitrogen and oxygen atoms in total. The van der Waals surface area contributed by atoms with Crippen LogP contribution in [-0.4, -0.2) is 38.4 Å². The van der Waals surface area contributed by atoms with E-state index in [0.717, 1.165) is 42.8 Å². The van der Waals surface area contributed by atoms with Crippen molar-refractivity contribution in [1.29, 1.82) is 0 Å². The second-order valence-electron chi connectivity index (χ2n) is 7.31. The Morgan fingerprint density at radius 3 is 2.73 bits per heavy atom. The van der Waals surface area contributed by atoms with E-state index >= 15 is 0 Å². The molecule has 30 heavy (non-hydrogen) atoms. The van der Waals surface area contributed by atoms with Crippen LogP contribution in [0.1, 0.15) is 30.9 Å². The molecule has 2 aromatic rings. The van der Waals surface area contributed by atoms with Crippen LogP contribution in [0.3, 0.4) is 0 Å². The minimum absolute atomic E-state index is 0.162. The molecule has 162 valence electrons. The molecule has 1 fully saturated rings. The second-order valence-corrected chi connectivity index (χ2v) is 7.71. The van der Waals surface area contributed by atoms with Crippen molar-refractivity contribution in [2.45, 2.75) is 39.3 Å². The lowest BCUT2D eigenvalue weighted by atomic mass is 10.2. The summed E-state index contributed by atoms with van der Waals surface area (Å²) in [5.41, 5.74) is 2.83. The summed E-state index contributed by atoms with van der Waals surface area (Å²) in [6.07, 6.45) is 2.49. The number of aryl methyl sites for hydroxylation is 1. The van der Waals surface area contributed by atoms with Crippen LogP contribution < -0.4 is 20.1 Å². The summed E-state index contributed by atoms with van der Waals surface area (Å²) in [7, 11) is 0. The van der Waals surface area contributed by atoms with Crippen molar-refractivity contribution in [1.82, 2.24) is 5.32 Å². The fraction of sp³-hybridized carbons (Fsp3) is 0.435. The topological polar surface area (TPSA) is 68.8 Å². The summed E-state index contributed by atoms with van der Waals surface area (Å²) in [6, 6.07) is 11.3. The van der Waals surface area contributed by atoms with Crippen LogP contribution in [0.2, 0.25) is 5.02 Å². The fourth-order valence-electron chi connectivity index (χ4n) is 3.28. The third kappa shape index (κ3) is 6.62. The van der Waals surface area contributed by atoms with E-state index in [9.17, 15) is 4.79 Å². The summed E-state index contributed by atoms with van der Waals surface area (Å²) in [5.74, 6) is 0.641. The molecule has 1 aliphatic heterocycles. The molecular formula is C23H29ClN2O4. The first kappa shape index (κ1) is 22.4. The normalized spacial score (nSPS) is 15.8. The highest BCUT2D eigenvalue weighted by molar-refractivity contribution is 6.32. The summed E-state index contributed by atoms with van der Waals surface area (Å²) in [5, 5.41) is 6.62. The minimum Gasteiger partial charge on any atom is -0.490 e. The van der Waals surface area contributed by atoms with Gasteiger partial charge in [0.05, 0.1) is 17.7 Å². The Hall–Kier alpha value is -2.28. The number of hydrogen-bond donors (Lipinski definition) is 2. The first-order valence-electron chi connectivity index (χ1n) is 10.3. The zero-order chi connectivity index (χ0) is 21.3. The standard InChI is InChI=1S/C23H29ClN2O4/c1-3-28-21-12-17(13-25-14-19-5-4-10-29-19)11-20(24)23(21)30-15-22(27)26-18-8-6-16(2)7-9-18/h6-9,11-12,19,25H,3-5,10,13-15H2,1-2H3,(H,26,27)/t19-/m1/s1. The molecule has 1 atom stereocenters. The van der Waals surface area contributed by atoms with Gasteiger partial charge in [-0.05, 0) is 56.5 Å². The molecule has 2 N–H and O–H groups in total. The van der Waals surface area contributed by atoms with Gasteiger partial charge < -0.3 is 24.8 Å². The lowest BCUT2D eigenvalue weighted by Crippen LogP contribution is -2.25. The van der Waals surface area contributed by atoms with Gasteiger partial charge >= 0.3 is 0 Å². The monoisotopic (exact) mass is 432 g/mol. The Kier molecular flexibility index (Phi) is 8.37. The predicted octanol–water partition coefficient (Wildman–Crippen LogP) is 4.33. The molecule has 2 aromatic carbocycles. The largest absolute Gasteiger partial charge is 0.490 e. The molecule has 1 aliphatic rings. The van der Waals surface area contributed by atoms with E-state index in [1.165, 1.54) is 0 Å². The number of ether oxygens (including phenoxy) is 3. The van der Waals surface area contributed by atoms with Crippen LogP contribution in [-0.2, 0) is 16.1 Å². The van der Waals surface area contributed by atoms with Crippen molar-refractivity contribution in [3.05, 3.63) is 52.5 Å². The molecule has 0 spiro atoms. The molecule has 0 bridgehead atoms. The Labute approximate surface area is 182 Å². The van der Waals surface area contributed by atoms with E-state index < -0.39 is 0 Å². The zero-order valence-corrected chi connectivity index (χ0v) is 18.3. The summed E-state index contributed by atoms with van der Waals surface area (Å²) >= 11 is 6.45. The molecule has 0 aliphatic carbocycles. The van der Waals surface area contributed by atoms with Gasteiger partial charge in [0, 0.05) is 25.4 Å². The van der Waals surface area contributed by atoms with Crippen LogP contribution >= 0.6 is 11.6 Å². The Balaban J connectivity index is 1.58. The maximum atomic E-state index is 12.2. The predicted molar refractivity (Wildman–Crippen MR) is 119 cm³/mol. The lowest BCUT2D eigenvalue weighted by Gasteiger charge is -2.16. The van der Waals surface area contributed by atoms with Gasteiger partial charge in [-0.3, -0.25) is 4.79 Å². The van der Waals surface area contributed by atoms with Crippen molar-refractivity contribution >= 4 is 23.2 Å². The van der Waals surface area contributed by atoms with E-state index in [0.29, 0.717) is 29.7 Å². The molecule has 0 radical (unpaired) electrons. The number of hydrogen-bond acceptors (Lipinski definition) is 5. The third-order valence-corrected chi connectivity index (χ3v) is 5.06. The molecule has 1 heterocycles. The van der Waals surface area contributed by atoms with Gasteiger partial charge in [0.25, 0.3) is 5.91 Å². The molecule has 0 aromatic heterocycles. The smallest absolute Gasteiger partial charge is 0.262 e. The highest BCUT2D eigenvalue weighted by Crippen LogP contribution is 2.36. The maximum absolute atomic E-state index is 12.2. The van der Waals surface area contributed by atoms with Crippen LogP contribution in [0.15, 0.2) is 36.4 Å². The lowest BCUT2D eigenvalue weighted by molar-refractivity contribution is -0.118. The molecule has 0 unspecified atom stereocenters. The van der Waals surface area contributed by atoms with E-state index in [2.05, 4.69) is 10.6 Å². The number of carbonyl (C=O) groups excluding carboxylic acids is 1. The molecular weight excluding hydrogens is 404 g/mol. The number of halogens is 1. The SMILES string of the molecule is CCOc1cc(CNC[C@H]2CCCO2)cc(Cl)c1OCC(=O)Nc1ccc(C)cc1. The number of rotatable bonds is 10. The Morgan fingerprint density at radius 1 is 1.23 bits per heavy atom. The highest BCUT2D eigenvalue weighted by atomic mass is 35.5. The number of carbonyl (C=O) groups is 1. The summed E-state index contributed by atoms with van der Waals surface area (Å²) < 4.78 is 17.0. The van der Waals surface area contributed by atoms with Crippen molar-refractivity contribution in [2.75, 3.05) is 31.7 Å². The molecule has 0 saturated carbocycles. The first-order valence-corrected chi connectivity index (χ1v) is 10.7. The van der Waals surface area contributed by atoms with Gasteiger partial charge in [-0.25, -0.2) is 0 Å². The van der Waals surface area contributed by atoms with Crippen LogP contribution in [0.5, 0.6) is 11.5 Å². The maximum Gasteiger partial charge on any atom is 0.262 e. The summed E-state index contributed by atoms with van der Waals surface area (Å²) in [4.78, 5) is 12.2. The van der Waals surface area contributed by atoms with Crippen molar-refractivity contribution in [3.63, 3.8) is 0 Å². The van der Waals surface area contributed by atoms with Gasteiger partial charge in [0.15, 0.2) is 18.1 Å². The van der Waals surface area contributed by atoms with Crippen molar-refractivity contribution in [3.8, 4) is 11.5 Å². The highest BCUT2D eigenvalue weighted by Gasteiger charge is 2.17. The first-order chi connectivity index (χ1) is 14.5. The second kappa shape index (κ2) is 11.2. The van der Waals surface area contributed by atoms with E-state index in [4.69, 9.17) is 25.8 Å². The number of benzene rings is 2. The molecule has 1 saturated heterocycles. The molecule has 7 heteroatoms. The molecule has 1 amide bonds. The average molecular weight is 433 g/mol. The van der Waals surface area contributed by atoms with Crippen molar-refractivity contribution < 1.29 is 19.0 Å². The van der Waals surface area contributed by atoms with E-state index in [-0.39, 0.29) is 18.6 Å². The van der Waals surface area contributed by atoms with Gasteiger partial charge in [-0.2, -0.15) is 0 Å². The molecule has 3 rings (SSSR count). The van der Waals surface area contributed by atoms with Gasteiger partial charge in [-0.15, -0.1) is 0 Å². The zero-order valence-electron chi connectivity index (χ0n) is 17.5. The number of anilines is 1. The minimum atomic E-state index is -0.264. The number of amides is 1. The van der Waals surface area contributed by atoms with Crippen molar-refractivity contribution in [2.24, 2.45) is 0 Å². The van der Waals surface area contributed by atoms with E-state index in [1.54, 1.807) is 0 Å². The third-order valence-electron chi connectivity index (χ3n) is 4.78. The fourth-order valence-corrected chi connectivity index (χ4v) is 3.57. The summed E-state index contributed by atoms with van der Waals surface area (Å²) in [6.45, 7) is 6.49. The van der Waals surface area contributed by atoms with Gasteiger partial charge in [0.2, 0.25) is 0 Å². The van der Waals surface area contributed by atoms with E-state index in [1.807, 2.05) is 50.2 Å². The Morgan fingerprint density at radius 2 is 2.03 bits per heavy atom. The Bertz CT molecular complexity index is 836. The van der Waals surface area contributed by atoms with Crippen LogP contribution in [0, 0.1) is 6.92 Å². The van der Waals surface area contributed by atoms with Gasteiger partial charge in [0.1, 0.15) is 0 Å². The van der Waals surface area contributed by atoms with Crippen LogP contribution in [0.25, 0.3) is 0 Å². The van der Waals surface area contributed by atoms with Gasteiger partial charge in [-0.1, -0.05) is 29.3 Å². The average Bonchev–Trinajstić information content (AvgIpc) is 3.23. The van der Waals surface area contributed by atoms with Crippen LogP contribution in [0.4, 0.5) is 5.69 Å². The number of nitrogens with one attached hydrogen (secondary N) is 2. The quantitative estimate of drug-likeness (QED) is 0.584.